The quantitative estimate of drug-likeness (QED) is 0.135. The first-order valence-electron chi connectivity index (χ1n) is 10.7. The molecule has 0 aliphatic carbocycles. The number of Topliss-reactive ketones (excluding diaryl/α,β-unsaturated/α-hetero) is 1. The van der Waals surface area contributed by atoms with E-state index >= 15 is 0 Å². The fourth-order valence-electron chi connectivity index (χ4n) is 4.21. The SMILES string of the molecule is COc1cccc(C2/C(=C(\O)c3cccc([N+](=O)[O-])c3)C(=O)C(=O)N2c2nc3cc(F)c(F)cc3[nH]2)c1. The third kappa shape index (κ3) is 3.93. The van der Waals surface area contributed by atoms with Crippen molar-refractivity contribution in [2.45, 2.75) is 6.04 Å². The highest BCUT2D eigenvalue weighted by molar-refractivity contribution is 6.51. The monoisotopic (exact) mass is 506 g/mol. The number of aromatic nitrogens is 2. The normalized spacial score (nSPS) is 16.9. The molecule has 186 valence electrons. The molecule has 10 nitrogen and oxygen atoms in total. The van der Waals surface area contributed by atoms with Gasteiger partial charge in [0, 0.05) is 29.8 Å². The van der Waals surface area contributed by atoms with Crippen LogP contribution in [0, 0.1) is 21.7 Å². The summed E-state index contributed by atoms with van der Waals surface area (Å²) >= 11 is 0. The average molecular weight is 506 g/mol. The highest BCUT2D eigenvalue weighted by Gasteiger charge is 2.48. The van der Waals surface area contributed by atoms with Gasteiger partial charge in [0.15, 0.2) is 11.6 Å². The molecule has 1 aliphatic heterocycles. The fourth-order valence-corrected chi connectivity index (χ4v) is 4.21. The van der Waals surface area contributed by atoms with Crippen LogP contribution in [0.5, 0.6) is 5.75 Å². The molecule has 1 aliphatic rings. The van der Waals surface area contributed by atoms with Gasteiger partial charge in [0.2, 0.25) is 5.95 Å². The summed E-state index contributed by atoms with van der Waals surface area (Å²) in [6.07, 6.45) is 0. The Labute approximate surface area is 206 Å². The summed E-state index contributed by atoms with van der Waals surface area (Å²) in [4.78, 5) is 44.9. The number of aromatic amines is 1. The molecule has 1 fully saturated rings. The molecule has 1 saturated heterocycles. The zero-order valence-electron chi connectivity index (χ0n) is 18.9. The maximum Gasteiger partial charge on any atom is 0.302 e. The molecule has 3 aromatic carbocycles. The van der Waals surface area contributed by atoms with E-state index in [1.54, 1.807) is 18.2 Å². The number of nitrogens with one attached hydrogen (secondary N) is 1. The molecule has 0 saturated carbocycles. The number of nitrogens with zero attached hydrogens (tertiary/aromatic N) is 3. The maximum atomic E-state index is 13.8. The van der Waals surface area contributed by atoms with Crippen molar-refractivity contribution >= 4 is 40.1 Å². The minimum absolute atomic E-state index is 0.00104. The van der Waals surface area contributed by atoms with Gasteiger partial charge in [-0.05, 0) is 17.7 Å². The van der Waals surface area contributed by atoms with Crippen LogP contribution in [-0.2, 0) is 9.59 Å². The van der Waals surface area contributed by atoms with Crippen molar-refractivity contribution in [3.63, 3.8) is 0 Å². The number of aliphatic hydroxyl groups excluding tert-OH is 1. The van der Waals surface area contributed by atoms with E-state index in [2.05, 4.69) is 9.97 Å². The number of nitro groups is 1. The molecule has 4 aromatic rings. The second-order valence-corrected chi connectivity index (χ2v) is 8.10. The Morgan fingerprint density at radius 3 is 2.57 bits per heavy atom. The summed E-state index contributed by atoms with van der Waals surface area (Å²) in [5.74, 6) is -4.93. The van der Waals surface area contributed by atoms with Crippen molar-refractivity contribution in [2.24, 2.45) is 0 Å². The summed E-state index contributed by atoms with van der Waals surface area (Å²) in [6.45, 7) is 0. The molecule has 1 amide bonds. The third-order valence-corrected chi connectivity index (χ3v) is 5.92. The summed E-state index contributed by atoms with van der Waals surface area (Å²) in [7, 11) is 1.42. The van der Waals surface area contributed by atoms with E-state index in [4.69, 9.17) is 4.74 Å². The molecule has 0 bridgehead atoms. The minimum atomic E-state index is -1.26. The maximum absolute atomic E-state index is 13.8. The molecule has 5 rings (SSSR count). The molecule has 1 aromatic heterocycles. The number of rotatable bonds is 5. The van der Waals surface area contributed by atoms with Crippen LogP contribution in [0.2, 0.25) is 0 Å². The van der Waals surface area contributed by atoms with E-state index in [-0.39, 0.29) is 33.8 Å². The van der Waals surface area contributed by atoms with Gasteiger partial charge in [-0.15, -0.1) is 0 Å². The van der Waals surface area contributed by atoms with Crippen molar-refractivity contribution < 1.29 is 33.1 Å². The van der Waals surface area contributed by atoms with E-state index < -0.39 is 40.0 Å². The fraction of sp³-hybridized carbons (Fsp3) is 0.0800. The lowest BCUT2D eigenvalue weighted by atomic mass is 9.95. The number of halogens is 2. The predicted octanol–water partition coefficient (Wildman–Crippen LogP) is 4.38. The van der Waals surface area contributed by atoms with Gasteiger partial charge in [0.05, 0.1) is 34.7 Å². The number of hydrogen-bond acceptors (Lipinski definition) is 7. The standard InChI is InChI=1S/C25H16F2N4O6/c1-37-15-7-3-4-12(9-15)21-20(22(32)13-5-2-6-14(8-13)31(35)36)23(33)24(34)30(21)25-28-18-10-16(26)17(27)11-19(18)29-25/h2-11,21,32H,1H3,(H,28,29)/b22-20+. The van der Waals surface area contributed by atoms with E-state index in [9.17, 15) is 33.6 Å². The van der Waals surface area contributed by atoms with Crippen LogP contribution >= 0.6 is 0 Å². The highest BCUT2D eigenvalue weighted by Crippen LogP contribution is 2.42. The molecule has 1 atom stereocenters. The van der Waals surface area contributed by atoms with Crippen LogP contribution in [0.1, 0.15) is 17.2 Å². The number of amides is 1. The first-order valence-corrected chi connectivity index (χ1v) is 10.7. The average Bonchev–Trinajstić information content (AvgIpc) is 3.41. The van der Waals surface area contributed by atoms with Gasteiger partial charge in [-0.25, -0.2) is 13.8 Å². The summed E-state index contributed by atoms with van der Waals surface area (Å²) in [5.41, 5.74) is -0.357. The summed E-state index contributed by atoms with van der Waals surface area (Å²) < 4.78 is 32.8. The van der Waals surface area contributed by atoms with Crippen LogP contribution in [0.15, 0.2) is 66.2 Å². The van der Waals surface area contributed by atoms with Gasteiger partial charge in [-0.1, -0.05) is 24.3 Å². The second kappa shape index (κ2) is 8.82. The number of hydrogen-bond donors (Lipinski definition) is 2. The summed E-state index contributed by atoms with van der Waals surface area (Å²) in [5, 5.41) is 22.4. The number of carbonyl (C=O) groups is 2. The number of benzene rings is 3. The van der Waals surface area contributed by atoms with Gasteiger partial charge in [0.25, 0.3) is 11.5 Å². The van der Waals surface area contributed by atoms with Gasteiger partial charge in [-0.2, -0.15) is 0 Å². The highest BCUT2D eigenvalue weighted by atomic mass is 19.2. The molecular weight excluding hydrogens is 490 g/mol. The van der Waals surface area contributed by atoms with Crippen LogP contribution < -0.4 is 9.64 Å². The smallest absolute Gasteiger partial charge is 0.302 e. The Balaban J connectivity index is 1.75. The van der Waals surface area contributed by atoms with E-state index in [0.29, 0.717) is 11.3 Å². The molecule has 1 unspecified atom stereocenters. The number of ketones is 1. The van der Waals surface area contributed by atoms with Crippen molar-refractivity contribution in [2.75, 3.05) is 12.0 Å². The molecule has 0 radical (unpaired) electrons. The predicted molar refractivity (Wildman–Crippen MR) is 127 cm³/mol. The summed E-state index contributed by atoms with van der Waals surface area (Å²) in [6, 6.07) is 11.7. The van der Waals surface area contributed by atoms with Crippen LogP contribution in [0.4, 0.5) is 20.4 Å². The number of nitro benzene ring substituents is 1. The van der Waals surface area contributed by atoms with Crippen LogP contribution in [-0.4, -0.2) is 38.8 Å². The Hall–Kier alpha value is -5.13. The number of ether oxygens (including phenoxy) is 1. The number of carbonyl (C=O) groups excluding carboxylic acids is 2. The molecule has 12 heteroatoms. The number of aliphatic hydroxyl groups is 1. The Morgan fingerprint density at radius 2 is 1.84 bits per heavy atom. The zero-order valence-corrected chi connectivity index (χ0v) is 18.9. The number of H-pyrrole nitrogens is 1. The largest absolute Gasteiger partial charge is 0.507 e. The second-order valence-electron chi connectivity index (χ2n) is 8.10. The van der Waals surface area contributed by atoms with Crippen molar-refractivity contribution in [3.8, 4) is 5.75 Å². The molecule has 37 heavy (non-hydrogen) atoms. The Bertz CT molecular complexity index is 1610. The zero-order chi connectivity index (χ0) is 26.4. The number of imidazole rings is 1. The first-order chi connectivity index (χ1) is 17.7. The van der Waals surface area contributed by atoms with E-state index in [0.717, 1.165) is 23.1 Å². The molecule has 0 spiro atoms. The van der Waals surface area contributed by atoms with Gasteiger partial charge in [0.1, 0.15) is 11.5 Å². The molecular formula is C25H16F2N4O6. The minimum Gasteiger partial charge on any atom is -0.507 e. The van der Waals surface area contributed by atoms with Crippen molar-refractivity contribution in [1.82, 2.24) is 9.97 Å². The van der Waals surface area contributed by atoms with Gasteiger partial charge in [-0.3, -0.25) is 24.6 Å². The van der Waals surface area contributed by atoms with Gasteiger partial charge >= 0.3 is 5.91 Å². The van der Waals surface area contributed by atoms with Crippen LogP contribution in [0.3, 0.4) is 0 Å². The Morgan fingerprint density at radius 1 is 1.11 bits per heavy atom. The lowest BCUT2D eigenvalue weighted by molar-refractivity contribution is -0.384. The molecule has 2 N–H and O–H groups in total. The van der Waals surface area contributed by atoms with Gasteiger partial charge < -0.3 is 14.8 Å². The van der Waals surface area contributed by atoms with Crippen LogP contribution in [0.25, 0.3) is 16.8 Å². The van der Waals surface area contributed by atoms with E-state index in [1.807, 2.05) is 0 Å². The molecule has 2 heterocycles. The topological polar surface area (TPSA) is 139 Å². The number of non-ortho nitro benzene ring substituents is 1. The number of methoxy groups -OCH3 is 1. The van der Waals surface area contributed by atoms with Crippen molar-refractivity contribution in [3.05, 3.63) is 99.1 Å². The lowest BCUT2D eigenvalue weighted by Crippen LogP contribution is -2.30. The lowest BCUT2D eigenvalue weighted by Gasteiger charge is -2.23. The van der Waals surface area contributed by atoms with E-state index in [1.165, 1.54) is 31.4 Å². The first kappa shape index (κ1) is 23.6. The van der Waals surface area contributed by atoms with Crippen molar-refractivity contribution in [1.29, 1.82) is 0 Å². The Kier molecular flexibility index (Phi) is 5.63. The number of anilines is 1. The third-order valence-electron chi connectivity index (χ3n) is 5.92. The number of fused-ring (bicyclic) bond motifs is 1.